The van der Waals surface area contributed by atoms with Crippen LogP contribution in [0.5, 0.6) is 5.88 Å². The normalized spacial score (nSPS) is 10.9. The van der Waals surface area contributed by atoms with E-state index >= 15 is 0 Å². The van der Waals surface area contributed by atoms with Gasteiger partial charge in [0.05, 0.1) is 12.0 Å². The number of benzene rings is 1. The van der Waals surface area contributed by atoms with Crippen LogP contribution in [-0.4, -0.2) is 40.3 Å². The van der Waals surface area contributed by atoms with Crippen molar-refractivity contribution in [1.29, 1.82) is 0 Å². The molecular formula is C20H18N4O5S2. The van der Waals surface area contributed by atoms with E-state index in [1.54, 1.807) is 19.1 Å². The number of hydrogen-bond donors (Lipinski definition) is 4. The van der Waals surface area contributed by atoms with E-state index in [0.717, 1.165) is 23.1 Å². The van der Waals surface area contributed by atoms with E-state index < -0.39 is 23.3 Å². The molecule has 0 spiro atoms. The lowest BCUT2D eigenvalue weighted by Gasteiger charge is -2.07. The summed E-state index contributed by atoms with van der Waals surface area (Å²) in [5.41, 5.74) is 1.17. The van der Waals surface area contributed by atoms with E-state index in [-0.39, 0.29) is 25.8 Å². The number of amides is 1. The van der Waals surface area contributed by atoms with Crippen molar-refractivity contribution < 1.29 is 19.4 Å². The lowest BCUT2D eigenvalue weighted by Crippen LogP contribution is -2.13. The fraction of sp³-hybridized carbons (Fsp3) is 0.150. The standard InChI is InChI=1S/C20H18N4O5S2/c1-9-6-4-5-7-12(9)22-17(27)14-10(2)13(19(28)29-3)18(31-14)21-8-11-15(25)23-20(30)24-16(11)26/h4-8H,1-3H3,(H,22,27)(H3,23,24,25,26,30). The first-order chi connectivity index (χ1) is 14.7. The van der Waals surface area contributed by atoms with Crippen LogP contribution in [0.2, 0.25) is 0 Å². The van der Waals surface area contributed by atoms with E-state index in [4.69, 9.17) is 17.0 Å². The summed E-state index contributed by atoms with van der Waals surface area (Å²) in [5.74, 6) is -1.56. The van der Waals surface area contributed by atoms with Crippen LogP contribution in [0, 0.1) is 18.6 Å². The number of anilines is 1. The molecule has 0 aliphatic carbocycles. The van der Waals surface area contributed by atoms with Gasteiger partial charge in [-0.2, -0.15) is 0 Å². The lowest BCUT2D eigenvalue weighted by molar-refractivity contribution is 0.0601. The van der Waals surface area contributed by atoms with Crippen LogP contribution in [0.15, 0.2) is 34.1 Å². The summed E-state index contributed by atoms with van der Waals surface area (Å²) in [4.78, 5) is 46.4. The molecule has 11 heteroatoms. The molecule has 2 heterocycles. The number of H-pyrrole nitrogens is 2. The number of methoxy groups -OCH3 is 1. The molecule has 4 N–H and O–H groups in total. The van der Waals surface area contributed by atoms with Gasteiger partial charge < -0.3 is 20.1 Å². The number of nitrogens with one attached hydrogen (secondary N) is 3. The van der Waals surface area contributed by atoms with Crippen molar-refractivity contribution in [2.24, 2.45) is 4.99 Å². The number of esters is 1. The Hall–Kier alpha value is -3.57. The molecule has 0 radical (unpaired) electrons. The van der Waals surface area contributed by atoms with Crippen LogP contribution in [0.1, 0.15) is 36.7 Å². The first kappa shape index (κ1) is 22.1. The number of nitrogens with zero attached hydrogens (tertiary/aromatic N) is 1. The highest BCUT2D eigenvalue weighted by molar-refractivity contribution is 7.71. The summed E-state index contributed by atoms with van der Waals surface area (Å²) in [7, 11) is 1.22. The van der Waals surface area contributed by atoms with E-state index in [1.165, 1.54) is 7.11 Å². The van der Waals surface area contributed by atoms with E-state index in [0.29, 0.717) is 11.3 Å². The molecule has 160 valence electrons. The quantitative estimate of drug-likeness (QED) is 0.262. The van der Waals surface area contributed by atoms with Gasteiger partial charge in [0, 0.05) is 11.9 Å². The number of rotatable bonds is 5. The van der Waals surface area contributed by atoms with Crippen molar-refractivity contribution in [2.45, 2.75) is 13.8 Å². The smallest absolute Gasteiger partial charge is 0.341 e. The molecule has 0 bridgehead atoms. The summed E-state index contributed by atoms with van der Waals surface area (Å²) < 4.78 is 4.78. The van der Waals surface area contributed by atoms with Crippen molar-refractivity contribution in [1.82, 2.24) is 9.97 Å². The van der Waals surface area contributed by atoms with Gasteiger partial charge in [-0.15, -0.1) is 11.3 Å². The molecule has 1 amide bonds. The highest BCUT2D eigenvalue weighted by Crippen LogP contribution is 2.36. The number of carbonyl (C=O) groups excluding carboxylic acids is 2. The fourth-order valence-corrected chi connectivity index (χ4v) is 3.99. The van der Waals surface area contributed by atoms with Gasteiger partial charge in [-0.3, -0.25) is 14.6 Å². The minimum Gasteiger partial charge on any atom is -0.494 e. The Kier molecular flexibility index (Phi) is 6.47. The van der Waals surface area contributed by atoms with Gasteiger partial charge in [-0.25, -0.2) is 9.79 Å². The summed E-state index contributed by atoms with van der Waals surface area (Å²) in [6, 6.07) is 7.29. The molecular weight excluding hydrogens is 440 g/mol. The summed E-state index contributed by atoms with van der Waals surface area (Å²) >= 11 is 5.75. The molecule has 9 nitrogen and oxygen atoms in total. The number of aromatic hydroxyl groups is 1. The minimum absolute atomic E-state index is 0.0444. The first-order valence-electron chi connectivity index (χ1n) is 8.91. The predicted octanol–water partition coefficient (Wildman–Crippen LogP) is 3.61. The maximum absolute atomic E-state index is 12.9. The molecule has 3 aromatic rings. The number of hydrogen-bond acceptors (Lipinski definition) is 8. The third-order valence-electron chi connectivity index (χ3n) is 4.39. The molecule has 0 saturated carbocycles. The molecule has 0 unspecified atom stereocenters. The second-order valence-electron chi connectivity index (χ2n) is 6.43. The van der Waals surface area contributed by atoms with Gasteiger partial charge >= 0.3 is 5.97 Å². The van der Waals surface area contributed by atoms with E-state index in [1.807, 2.05) is 19.1 Å². The molecule has 2 aromatic heterocycles. The molecule has 0 fully saturated rings. The number of para-hydroxylation sites is 1. The zero-order valence-corrected chi connectivity index (χ0v) is 18.4. The molecule has 0 saturated heterocycles. The maximum Gasteiger partial charge on any atom is 0.341 e. The van der Waals surface area contributed by atoms with Gasteiger partial charge in [0.2, 0.25) is 5.88 Å². The first-order valence-corrected chi connectivity index (χ1v) is 10.1. The Balaban J connectivity index is 2.04. The van der Waals surface area contributed by atoms with Gasteiger partial charge in [0.1, 0.15) is 16.1 Å². The number of ether oxygens (including phenoxy) is 1. The van der Waals surface area contributed by atoms with Crippen LogP contribution >= 0.6 is 23.6 Å². The Morgan fingerprint density at radius 1 is 1.26 bits per heavy atom. The number of aliphatic imine (C=N–C) groups is 1. The Morgan fingerprint density at radius 3 is 2.61 bits per heavy atom. The summed E-state index contributed by atoms with van der Waals surface area (Å²) in [5, 5.41) is 12.9. The summed E-state index contributed by atoms with van der Waals surface area (Å²) in [6.45, 7) is 3.47. The van der Waals surface area contributed by atoms with Crippen LogP contribution in [0.3, 0.4) is 0 Å². The van der Waals surface area contributed by atoms with Crippen LogP contribution in [-0.2, 0) is 4.74 Å². The van der Waals surface area contributed by atoms with Crippen molar-refractivity contribution in [2.75, 3.05) is 12.4 Å². The van der Waals surface area contributed by atoms with E-state index in [2.05, 4.69) is 20.3 Å². The molecule has 31 heavy (non-hydrogen) atoms. The van der Waals surface area contributed by atoms with Crippen molar-refractivity contribution >= 4 is 52.3 Å². The third kappa shape index (κ3) is 4.62. The van der Waals surface area contributed by atoms with Gasteiger partial charge in [0.25, 0.3) is 11.5 Å². The van der Waals surface area contributed by atoms with Crippen molar-refractivity contribution in [3.05, 3.63) is 66.5 Å². The zero-order valence-electron chi connectivity index (χ0n) is 16.7. The molecule has 3 rings (SSSR count). The molecule has 1 aromatic carbocycles. The van der Waals surface area contributed by atoms with Crippen molar-refractivity contribution in [3.8, 4) is 5.88 Å². The molecule has 0 aliphatic heterocycles. The van der Waals surface area contributed by atoms with Crippen molar-refractivity contribution in [3.63, 3.8) is 0 Å². The Labute approximate surface area is 185 Å². The fourth-order valence-electron chi connectivity index (χ4n) is 2.77. The predicted molar refractivity (Wildman–Crippen MR) is 121 cm³/mol. The Bertz CT molecular complexity index is 1320. The van der Waals surface area contributed by atoms with Gasteiger partial charge in [-0.05, 0) is 43.3 Å². The SMILES string of the molecule is COC(=O)c1c(N=Cc2c(O)[nH]c(=S)[nH]c2=O)sc(C(=O)Nc2ccccc2C)c1C. The maximum atomic E-state index is 12.9. The monoisotopic (exact) mass is 458 g/mol. The number of aromatic nitrogens is 2. The van der Waals surface area contributed by atoms with E-state index in [9.17, 15) is 19.5 Å². The number of aryl methyl sites for hydroxylation is 1. The van der Waals surface area contributed by atoms with Crippen LogP contribution in [0.25, 0.3) is 0 Å². The summed E-state index contributed by atoms with van der Waals surface area (Å²) in [6.07, 6.45) is 1.08. The van der Waals surface area contributed by atoms with Crippen LogP contribution in [0.4, 0.5) is 10.7 Å². The second kappa shape index (κ2) is 9.06. The second-order valence-corrected chi connectivity index (χ2v) is 7.83. The largest absolute Gasteiger partial charge is 0.494 e. The van der Waals surface area contributed by atoms with Gasteiger partial charge in [-0.1, -0.05) is 18.2 Å². The zero-order chi connectivity index (χ0) is 22.7. The van der Waals surface area contributed by atoms with Gasteiger partial charge in [0.15, 0.2) is 4.77 Å². The highest BCUT2D eigenvalue weighted by Gasteiger charge is 2.25. The minimum atomic E-state index is -0.679. The molecule has 0 atom stereocenters. The third-order valence-corrected chi connectivity index (χ3v) is 5.79. The lowest BCUT2D eigenvalue weighted by atomic mass is 10.1. The Morgan fingerprint density at radius 2 is 1.97 bits per heavy atom. The van der Waals surface area contributed by atoms with Crippen LogP contribution < -0.4 is 10.9 Å². The number of thiophene rings is 1. The molecule has 0 aliphatic rings. The average molecular weight is 459 g/mol. The topological polar surface area (TPSA) is 137 Å². The number of aromatic amines is 2. The average Bonchev–Trinajstić information content (AvgIpc) is 3.04. The highest BCUT2D eigenvalue weighted by atomic mass is 32.1. The number of carbonyl (C=O) groups is 2.